The van der Waals surface area contributed by atoms with Crippen LogP contribution in [-0.4, -0.2) is 27.7 Å². The second-order valence-corrected chi connectivity index (χ2v) is 2.93. The van der Waals surface area contributed by atoms with Crippen LogP contribution in [0.1, 0.15) is 24.2 Å². The number of aromatic nitrogens is 2. The highest BCUT2D eigenvalue weighted by atomic mass is 16.2. The van der Waals surface area contributed by atoms with Crippen molar-refractivity contribution in [3.8, 4) is 0 Å². The molecule has 0 aromatic carbocycles. The third-order valence-corrected chi connectivity index (χ3v) is 1.78. The van der Waals surface area contributed by atoms with Gasteiger partial charge in [0.25, 0.3) is 5.91 Å². The van der Waals surface area contributed by atoms with Crippen molar-refractivity contribution < 1.29 is 9.59 Å². The molecule has 0 spiro atoms. The Morgan fingerprint density at radius 1 is 1.36 bits per heavy atom. The second kappa shape index (κ2) is 4.45. The SMILES string of the molecule is CC(=O)C(C)NC(=O)c1cncnc1. The van der Waals surface area contributed by atoms with Crippen molar-refractivity contribution in [3.05, 3.63) is 24.3 Å². The molecule has 0 saturated carbocycles. The highest BCUT2D eigenvalue weighted by Gasteiger charge is 2.12. The lowest BCUT2D eigenvalue weighted by atomic mass is 10.2. The van der Waals surface area contributed by atoms with E-state index in [4.69, 9.17) is 0 Å². The van der Waals surface area contributed by atoms with Gasteiger partial charge in [0.1, 0.15) is 6.33 Å². The summed E-state index contributed by atoms with van der Waals surface area (Å²) in [6.45, 7) is 3.05. The van der Waals surface area contributed by atoms with Gasteiger partial charge in [-0.1, -0.05) is 0 Å². The van der Waals surface area contributed by atoms with Gasteiger partial charge in [0.15, 0.2) is 5.78 Å². The fraction of sp³-hybridized carbons (Fsp3) is 0.333. The molecule has 0 bridgehead atoms. The van der Waals surface area contributed by atoms with E-state index in [-0.39, 0.29) is 11.7 Å². The topological polar surface area (TPSA) is 72.0 Å². The fourth-order valence-corrected chi connectivity index (χ4v) is 0.798. The van der Waals surface area contributed by atoms with Crippen molar-refractivity contribution in [2.24, 2.45) is 0 Å². The van der Waals surface area contributed by atoms with Gasteiger partial charge in [-0.2, -0.15) is 0 Å². The Morgan fingerprint density at radius 3 is 2.43 bits per heavy atom. The van der Waals surface area contributed by atoms with Gasteiger partial charge in [0.05, 0.1) is 11.6 Å². The van der Waals surface area contributed by atoms with Crippen molar-refractivity contribution in [2.75, 3.05) is 0 Å². The minimum Gasteiger partial charge on any atom is -0.342 e. The average Bonchev–Trinajstić information content (AvgIpc) is 2.19. The van der Waals surface area contributed by atoms with Crippen LogP contribution < -0.4 is 5.32 Å². The number of carbonyl (C=O) groups is 2. The molecule has 1 atom stereocenters. The molecule has 1 rings (SSSR count). The Balaban J connectivity index is 2.64. The van der Waals surface area contributed by atoms with Gasteiger partial charge in [0, 0.05) is 12.4 Å². The Labute approximate surface area is 81.6 Å². The molecule has 0 aliphatic rings. The third-order valence-electron chi connectivity index (χ3n) is 1.78. The summed E-state index contributed by atoms with van der Waals surface area (Å²) >= 11 is 0. The van der Waals surface area contributed by atoms with Gasteiger partial charge < -0.3 is 5.32 Å². The Hall–Kier alpha value is -1.78. The first kappa shape index (κ1) is 10.3. The molecule has 0 aliphatic carbocycles. The summed E-state index contributed by atoms with van der Waals surface area (Å²) < 4.78 is 0. The summed E-state index contributed by atoms with van der Waals surface area (Å²) in [7, 11) is 0. The number of amides is 1. The number of carbonyl (C=O) groups excluding carboxylic acids is 2. The molecule has 1 unspecified atom stereocenters. The van der Waals surface area contributed by atoms with Crippen LogP contribution in [0.4, 0.5) is 0 Å². The predicted molar refractivity (Wildman–Crippen MR) is 49.6 cm³/mol. The first-order valence-corrected chi connectivity index (χ1v) is 4.17. The monoisotopic (exact) mass is 193 g/mol. The zero-order valence-electron chi connectivity index (χ0n) is 8.02. The van der Waals surface area contributed by atoms with Crippen molar-refractivity contribution in [2.45, 2.75) is 19.9 Å². The van der Waals surface area contributed by atoms with Gasteiger partial charge in [-0.15, -0.1) is 0 Å². The van der Waals surface area contributed by atoms with Crippen LogP contribution >= 0.6 is 0 Å². The molecule has 1 aromatic heterocycles. The minimum atomic E-state index is -0.484. The molecule has 0 fully saturated rings. The van der Waals surface area contributed by atoms with Gasteiger partial charge in [-0.05, 0) is 13.8 Å². The Bertz CT molecular complexity index is 337. The molecule has 14 heavy (non-hydrogen) atoms. The summed E-state index contributed by atoms with van der Waals surface area (Å²) in [5.74, 6) is -0.427. The largest absolute Gasteiger partial charge is 0.342 e. The third kappa shape index (κ3) is 2.62. The molecule has 5 nitrogen and oxygen atoms in total. The maximum atomic E-state index is 11.4. The van der Waals surface area contributed by atoms with Gasteiger partial charge in [-0.25, -0.2) is 9.97 Å². The average molecular weight is 193 g/mol. The van der Waals surface area contributed by atoms with E-state index in [0.717, 1.165) is 0 Å². The number of hydrogen-bond acceptors (Lipinski definition) is 4. The molecule has 0 radical (unpaired) electrons. The number of hydrogen-bond donors (Lipinski definition) is 1. The van der Waals surface area contributed by atoms with Crippen LogP contribution in [0.3, 0.4) is 0 Å². The van der Waals surface area contributed by atoms with Crippen LogP contribution in [-0.2, 0) is 4.79 Å². The highest BCUT2D eigenvalue weighted by molar-refractivity contribution is 5.96. The summed E-state index contributed by atoms with van der Waals surface area (Å²) in [5.41, 5.74) is 0.348. The summed E-state index contributed by atoms with van der Waals surface area (Å²) in [5, 5.41) is 2.53. The molecule has 5 heteroatoms. The van der Waals surface area contributed by atoms with Gasteiger partial charge in [0.2, 0.25) is 0 Å². The molecule has 0 saturated heterocycles. The maximum absolute atomic E-state index is 11.4. The lowest BCUT2D eigenvalue weighted by Crippen LogP contribution is -2.37. The van der Waals surface area contributed by atoms with Gasteiger partial charge in [-0.3, -0.25) is 9.59 Å². The van der Waals surface area contributed by atoms with Crippen molar-refractivity contribution >= 4 is 11.7 Å². The molecule has 1 N–H and O–H groups in total. The molecule has 74 valence electrons. The summed E-state index contributed by atoms with van der Waals surface area (Å²) in [6.07, 6.45) is 4.13. The lowest BCUT2D eigenvalue weighted by molar-refractivity contribution is -0.118. The fourth-order valence-electron chi connectivity index (χ4n) is 0.798. The van der Waals surface area contributed by atoms with Crippen LogP contribution in [0.5, 0.6) is 0 Å². The van der Waals surface area contributed by atoms with E-state index in [1.54, 1.807) is 6.92 Å². The minimum absolute atomic E-state index is 0.0878. The maximum Gasteiger partial charge on any atom is 0.254 e. The van der Waals surface area contributed by atoms with Crippen LogP contribution in [0.15, 0.2) is 18.7 Å². The molecule has 0 aliphatic heterocycles. The predicted octanol–water partition coefficient (Wildman–Crippen LogP) is 0.184. The van der Waals surface area contributed by atoms with E-state index < -0.39 is 6.04 Å². The van der Waals surface area contributed by atoms with Gasteiger partial charge >= 0.3 is 0 Å². The number of Topliss-reactive ketones (excluding diaryl/α,β-unsaturated/α-hetero) is 1. The first-order chi connectivity index (χ1) is 6.61. The van der Waals surface area contributed by atoms with E-state index in [2.05, 4.69) is 15.3 Å². The molecule has 1 amide bonds. The highest BCUT2D eigenvalue weighted by Crippen LogP contribution is 1.94. The number of nitrogens with one attached hydrogen (secondary N) is 1. The number of ketones is 1. The Kier molecular flexibility index (Phi) is 3.28. The second-order valence-electron chi connectivity index (χ2n) is 2.93. The molecule has 1 heterocycles. The van der Waals surface area contributed by atoms with E-state index in [1.165, 1.54) is 25.6 Å². The Morgan fingerprint density at radius 2 is 1.93 bits per heavy atom. The first-order valence-electron chi connectivity index (χ1n) is 4.17. The standard InChI is InChI=1S/C9H11N3O2/c1-6(7(2)13)12-9(14)8-3-10-5-11-4-8/h3-6H,1-2H3,(H,12,14). The summed E-state index contributed by atoms with van der Waals surface area (Å²) in [6, 6.07) is -0.484. The molecule has 1 aromatic rings. The lowest BCUT2D eigenvalue weighted by Gasteiger charge is -2.09. The van der Waals surface area contributed by atoms with Crippen LogP contribution in [0, 0.1) is 0 Å². The van der Waals surface area contributed by atoms with E-state index >= 15 is 0 Å². The summed E-state index contributed by atoms with van der Waals surface area (Å²) in [4.78, 5) is 29.7. The van der Waals surface area contributed by atoms with Crippen LogP contribution in [0.25, 0.3) is 0 Å². The van der Waals surface area contributed by atoms with E-state index in [1.807, 2.05) is 0 Å². The number of rotatable bonds is 3. The van der Waals surface area contributed by atoms with Crippen molar-refractivity contribution in [1.29, 1.82) is 0 Å². The van der Waals surface area contributed by atoms with Crippen LogP contribution in [0.2, 0.25) is 0 Å². The zero-order valence-corrected chi connectivity index (χ0v) is 8.02. The molecular formula is C9H11N3O2. The van der Waals surface area contributed by atoms with Crippen molar-refractivity contribution in [1.82, 2.24) is 15.3 Å². The number of nitrogens with zero attached hydrogens (tertiary/aromatic N) is 2. The van der Waals surface area contributed by atoms with E-state index in [9.17, 15) is 9.59 Å². The quantitative estimate of drug-likeness (QED) is 0.743. The zero-order chi connectivity index (χ0) is 10.6. The molecular weight excluding hydrogens is 182 g/mol. The van der Waals surface area contributed by atoms with E-state index in [0.29, 0.717) is 5.56 Å². The van der Waals surface area contributed by atoms with Crippen molar-refractivity contribution in [3.63, 3.8) is 0 Å². The normalized spacial score (nSPS) is 11.9. The smallest absolute Gasteiger partial charge is 0.254 e.